The molecule has 1 aromatic carbocycles. The van der Waals surface area contributed by atoms with Crippen LogP contribution in [0.3, 0.4) is 0 Å². The van der Waals surface area contributed by atoms with Crippen LogP contribution in [-0.4, -0.2) is 27.4 Å². The highest BCUT2D eigenvalue weighted by molar-refractivity contribution is 5.98. The van der Waals surface area contributed by atoms with Crippen LogP contribution in [0.4, 0.5) is 5.69 Å². The number of nitrogens with one attached hydrogen (secondary N) is 1. The van der Waals surface area contributed by atoms with Gasteiger partial charge >= 0.3 is 5.97 Å². The topological polar surface area (TPSA) is 72.7 Å². The fourth-order valence-corrected chi connectivity index (χ4v) is 2.91. The molecular formula is C20H21N3O3. The van der Waals surface area contributed by atoms with Crippen LogP contribution in [0.1, 0.15) is 34.1 Å². The minimum atomic E-state index is -0.938. The molecule has 1 amide bonds. The van der Waals surface area contributed by atoms with Gasteiger partial charge in [-0.05, 0) is 51.0 Å². The molecule has 134 valence electrons. The number of ether oxygens (including phenoxy) is 1. The number of imidazole rings is 1. The molecule has 26 heavy (non-hydrogen) atoms. The summed E-state index contributed by atoms with van der Waals surface area (Å²) in [5.74, 6) is -1.01. The minimum Gasteiger partial charge on any atom is -0.448 e. The summed E-state index contributed by atoms with van der Waals surface area (Å²) >= 11 is 0. The number of carbonyl (C=O) groups is 2. The van der Waals surface area contributed by atoms with Crippen LogP contribution in [-0.2, 0) is 9.53 Å². The summed E-state index contributed by atoms with van der Waals surface area (Å²) in [5, 5.41) is 2.85. The van der Waals surface area contributed by atoms with Gasteiger partial charge in [0.05, 0.1) is 0 Å². The molecule has 0 spiro atoms. The number of hydrogen-bond donors (Lipinski definition) is 1. The number of hydrogen-bond acceptors (Lipinski definition) is 4. The summed E-state index contributed by atoms with van der Waals surface area (Å²) < 4.78 is 7.00. The molecule has 1 atom stereocenters. The van der Waals surface area contributed by atoms with Crippen molar-refractivity contribution in [2.24, 2.45) is 0 Å². The third kappa shape index (κ3) is 3.59. The van der Waals surface area contributed by atoms with E-state index in [1.807, 2.05) is 45.0 Å². The number of benzene rings is 1. The number of rotatable bonds is 4. The van der Waals surface area contributed by atoms with Crippen molar-refractivity contribution in [1.82, 2.24) is 9.38 Å². The first-order valence-electron chi connectivity index (χ1n) is 8.38. The maximum absolute atomic E-state index is 12.4. The molecule has 2 heterocycles. The molecule has 3 aromatic rings. The van der Waals surface area contributed by atoms with E-state index in [1.165, 1.54) is 0 Å². The number of pyridine rings is 1. The van der Waals surface area contributed by atoms with Gasteiger partial charge in [0.1, 0.15) is 5.65 Å². The van der Waals surface area contributed by atoms with Gasteiger partial charge in [0.15, 0.2) is 11.8 Å². The van der Waals surface area contributed by atoms with Crippen LogP contribution in [0.15, 0.2) is 42.7 Å². The van der Waals surface area contributed by atoms with Gasteiger partial charge < -0.3 is 14.5 Å². The van der Waals surface area contributed by atoms with Gasteiger partial charge in [-0.25, -0.2) is 9.78 Å². The summed E-state index contributed by atoms with van der Waals surface area (Å²) in [5.41, 5.74) is 4.62. The predicted octanol–water partition coefficient (Wildman–Crippen LogP) is 3.44. The molecule has 1 N–H and O–H groups in total. The van der Waals surface area contributed by atoms with Gasteiger partial charge in [0, 0.05) is 18.1 Å². The minimum absolute atomic E-state index is 0.165. The van der Waals surface area contributed by atoms with Crippen molar-refractivity contribution in [1.29, 1.82) is 0 Å². The Morgan fingerprint density at radius 3 is 2.50 bits per heavy atom. The molecule has 2 aromatic heterocycles. The Kier molecular flexibility index (Phi) is 4.75. The van der Waals surface area contributed by atoms with Crippen molar-refractivity contribution >= 4 is 23.2 Å². The van der Waals surface area contributed by atoms with Crippen molar-refractivity contribution in [2.75, 3.05) is 5.32 Å². The summed E-state index contributed by atoms with van der Waals surface area (Å²) in [4.78, 5) is 28.9. The van der Waals surface area contributed by atoms with Gasteiger partial charge in [-0.2, -0.15) is 0 Å². The summed E-state index contributed by atoms with van der Waals surface area (Å²) in [6.45, 7) is 7.42. The average molecular weight is 351 g/mol. The number of nitrogens with zero attached hydrogens (tertiary/aromatic N) is 2. The zero-order chi connectivity index (χ0) is 18.8. The van der Waals surface area contributed by atoms with Crippen LogP contribution < -0.4 is 5.32 Å². The monoisotopic (exact) mass is 351 g/mol. The fourth-order valence-electron chi connectivity index (χ4n) is 2.91. The zero-order valence-electron chi connectivity index (χ0n) is 15.2. The van der Waals surface area contributed by atoms with Crippen LogP contribution in [0.2, 0.25) is 0 Å². The maximum atomic E-state index is 12.4. The van der Waals surface area contributed by atoms with E-state index in [1.54, 1.807) is 29.8 Å². The number of esters is 1. The molecule has 0 aliphatic heterocycles. The first kappa shape index (κ1) is 17.7. The van der Waals surface area contributed by atoms with Crippen LogP contribution >= 0.6 is 0 Å². The largest absolute Gasteiger partial charge is 0.448 e. The molecule has 0 aliphatic carbocycles. The molecule has 0 bridgehead atoms. The standard InChI is InChI=1S/C20H21N3O3/c1-12-9-13(2)18(14(3)10-12)22-19(24)15(4)26-20(25)16-11-23-8-6-5-7-17(23)21-16/h5-11,15H,1-4H3,(H,22,24)/t15-/m0/s1. The first-order valence-corrected chi connectivity index (χ1v) is 8.38. The Labute approximate surface area is 151 Å². The highest BCUT2D eigenvalue weighted by Crippen LogP contribution is 2.22. The SMILES string of the molecule is Cc1cc(C)c(NC(=O)[C@H](C)OC(=O)c2cn3ccccc3n2)c(C)c1. The van der Waals surface area contributed by atoms with E-state index in [0.717, 1.165) is 22.4 Å². The van der Waals surface area contributed by atoms with Crippen molar-refractivity contribution in [3.05, 3.63) is 65.1 Å². The lowest BCUT2D eigenvalue weighted by Crippen LogP contribution is -2.30. The highest BCUT2D eigenvalue weighted by atomic mass is 16.5. The normalized spacial score (nSPS) is 12.0. The zero-order valence-corrected chi connectivity index (χ0v) is 15.2. The number of aromatic nitrogens is 2. The van der Waals surface area contributed by atoms with E-state index < -0.39 is 12.1 Å². The Hall–Kier alpha value is -3.15. The average Bonchev–Trinajstić information content (AvgIpc) is 3.02. The van der Waals surface area contributed by atoms with Crippen LogP contribution in [0.5, 0.6) is 0 Å². The van der Waals surface area contributed by atoms with Gasteiger partial charge in [0.25, 0.3) is 5.91 Å². The van der Waals surface area contributed by atoms with Crippen molar-refractivity contribution < 1.29 is 14.3 Å². The number of fused-ring (bicyclic) bond motifs is 1. The van der Waals surface area contributed by atoms with Crippen LogP contribution in [0, 0.1) is 20.8 Å². The van der Waals surface area contributed by atoms with Crippen molar-refractivity contribution in [3.63, 3.8) is 0 Å². The van der Waals surface area contributed by atoms with E-state index in [2.05, 4.69) is 10.3 Å². The molecule has 3 rings (SSSR count). The smallest absolute Gasteiger partial charge is 0.359 e. The van der Waals surface area contributed by atoms with Gasteiger partial charge in [-0.1, -0.05) is 23.8 Å². The van der Waals surface area contributed by atoms with Gasteiger partial charge in [0.2, 0.25) is 0 Å². The molecule has 0 aliphatic rings. The Morgan fingerprint density at radius 2 is 1.85 bits per heavy atom. The number of aryl methyl sites for hydroxylation is 3. The van der Waals surface area contributed by atoms with E-state index >= 15 is 0 Å². The van der Waals surface area contributed by atoms with Gasteiger partial charge in [-0.3, -0.25) is 4.79 Å². The lowest BCUT2D eigenvalue weighted by atomic mass is 10.0. The molecule has 6 heteroatoms. The fraction of sp³-hybridized carbons (Fsp3) is 0.250. The first-order chi connectivity index (χ1) is 12.3. The maximum Gasteiger partial charge on any atom is 0.359 e. The third-order valence-corrected chi connectivity index (χ3v) is 4.15. The van der Waals surface area contributed by atoms with Crippen molar-refractivity contribution in [2.45, 2.75) is 33.8 Å². The third-order valence-electron chi connectivity index (χ3n) is 4.15. The Morgan fingerprint density at radius 1 is 1.15 bits per heavy atom. The van der Waals surface area contributed by atoms with Crippen molar-refractivity contribution in [3.8, 4) is 0 Å². The molecule has 0 saturated heterocycles. The Balaban J connectivity index is 1.70. The summed E-state index contributed by atoms with van der Waals surface area (Å²) in [6.07, 6.45) is 2.43. The molecule has 0 unspecified atom stereocenters. The molecule has 0 fully saturated rings. The second-order valence-electron chi connectivity index (χ2n) is 6.40. The van der Waals surface area contributed by atoms with Crippen LogP contribution in [0.25, 0.3) is 5.65 Å². The van der Waals surface area contributed by atoms with E-state index in [-0.39, 0.29) is 11.6 Å². The molecule has 0 saturated carbocycles. The number of anilines is 1. The lowest BCUT2D eigenvalue weighted by molar-refractivity contribution is -0.123. The van der Waals surface area contributed by atoms with Gasteiger partial charge in [-0.15, -0.1) is 0 Å². The Bertz CT molecular complexity index is 935. The van der Waals surface area contributed by atoms with E-state index in [4.69, 9.17) is 4.74 Å². The lowest BCUT2D eigenvalue weighted by Gasteiger charge is -2.16. The highest BCUT2D eigenvalue weighted by Gasteiger charge is 2.22. The molecular weight excluding hydrogens is 330 g/mol. The quantitative estimate of drug-likeness (QED) is 0.731. The molecule has 6 nitrogen and oxygen atoms in total. The summed E-state index contributed by atoms with van der Waals surface area (Å²) in [6, 6.07) is 9.45. The second kappa shape index (κ2) is 7.00. The van der Waals surface area contributed by atoms with E-state index in [0.29, 0.717) is 5.65 Å². The predicted molar refractivity (Wildman–Crippen MR) is 99.4 cm³/mol. The van der Waals surface area contributed by atoms with E-state index in [9.17, 15) is 9.59 Å². The second-order valence-corrected chi connectivity index (χ2v) is 6.40. The number of carbonyl (C=O) groups excluding carboxylic acids is 2. The summed E-state index contributed by atoms with van der Waals surface area (Å²) in [7, 11) is 0. The number of amides is 1. The molecule has 0 radical (unpaired) electrons.